The zero-order chi connectivity index (χ0) is 13.5. The molecule has 0 amide bonds. The molecule has 3 N–H and O–H groups in total. The smallest absolute Gasteiger partial charge is 0.168 e. The summed E-state index contributed by atoms with van der Waals surface area (Å²) < 4.78 is 5.51. The highest BCUT2D eigenvalue weighted by Crippen LogP contribution is 2.20. The normalized spacial score (nSPS) is 10.2. The summed E-state index contributed by atoms with van der Waals surface area (Å²) in [5.41, 5.74) is 7.70. The van der Waals surface area contributed by atoms with Gasteiger partial charge in [-0.25, -0.2) is 4.98 Å². The Hall–Kier alpha value is -2.23. The minimum atomic E-state index is 0.637. The molecule has 4 heteroatoms. The molecule has 0 atom stereocenters. The molecular formula is C15H19N3O. The fourth-order valence-electron chi connectivity index (χ4n) is 1.80. The number of hydrogen-bond donors (Lipinski definition) is 2. The van der Waals surface area contributed by atoms with Crippen molar-refractivity contribution in [3.63, 3.8) is 0 Å². The first-order valence-electron chi connectivity index (χ1n) is 6.45. The molecule has 0 saturated carbocycles. The molecule has 4 nitrogen and oxygen atoms in total. The lowest BCUT2D eigenvalue weighted by Gasteiger charge is -2.10. The highest BCUT2D eigenvalue weighted by Gasteiger charge is 2.02. The van der Waals surface area contributed by atoms with Gasteiger partial charge >= 0.3 is 0 Å². The molecule has 2 rings (SSSR count). The lowest BCUT2D eigenvalue weighted by atomic mass is 10.1. The molecule has 1 aromatic carbocycles. The Labute approximate surface area is 113 Å². The number of hydrogen-bond acceptors (Lipinski definition) is 4. The van der Waals surface area contributed by atoms with Crippen LogP contribution in [0.25, 0.3) is 0 Å². The van der Waals surface area contributed by atoms with Crippen LogP contribution in [0.15, 0.2) is 42.6 Å². The molecule has 1 heterocycles. The SMILES string of the molecule is CCOc1cccnc1NCCc1ccc(N)cc1. The van der Waals surface area contributed by atoms with Gasteiger partial charge in [0, 0.05) is 18.4 Å². The summed E-state index contributed by atoms with van der Waals surface area (Å²) in [6, 6.07) is 11.7. The van der Waals surface area contributed by atoms with Crippen molar-refractivity contribution in [3.05, 3.63) is 48.2 Å². The summed E-state index contributed by atoms with van der Waals surface area (Å²) >= 11 is 0. The van der Waals surface area contributed by atoms with E-state index in [2.05, 4.69) is 10.3 Å². The van der Waals surface area contributed by atoms with Crippen molar-refractivity contribution in [1.29, 1.82) is 0 Å². The second-order valence-electron chi connectivity index (χ2n) is 4.20. The largest absolute Gasteiger partial charge is 0.490 e. The number of nitrogen functional groups attached to an aromatic ring is 1. The van der Waals surface area contributed by atoms with Gasteiger partial charge in [0.15, 0.2) is 11.6 Å². The number of rotatable bonds is 6. The molecule has 0 aliphatic carbocycles. The van der Waals surface area contributed by atoms with Gasteiger partial charge in [0.2, 0.25) is 0 Å². The molecule has 0 bridgehead atoms. The van der Waals surface area contributed by atoms with Crippen molar-refractivity contribution in [1.82, 2.24) is 4.98 Å². The van der Waals surface area contributed by atoms with Crippen LogP contribution in [0, 0.1) is 0 Å². The van der Waals surface area contributed by atoms with Crippen molar-refractivity contribution >= 4 is 11.5 Å². The Morgan fingerprint density at radius 1 is 1.21 bits per heavy atom. The number of nitrogens with zero attached hydrogens (tertiary/aromatic N) is 1. The monoisotopic (exact) mass is 257 g/mol. The molecule has 0 aliphatic rings. The minimum Gasteiger partial charge on any atom is -0.490 e. The first-order valence-corrected chi connectivity index (χ1v) is 6.45. The average molecular weight is 257 g/mol. The van der Waals surface area contributed by atoms with Crippen molar-refractivity contribution in [2.75, 3.05) is 24.2 Å². The molecule has 0 saturated heterocycles. The molecule has 0 fully saturated rings. The molecule has 19 heavy (non-hydrogen) atoms. The van der Waals surface area contributed by atoms with E-state index in [1.165, 1.54) is 5.56 Å². The van der Waals surface area contributed by atoms with Crippen LogP contribution in [0.3, 0.4) is 0 Å². The maximum Gasteiger partial charge on any atom is 0.168 e. The van der Waals surface area contributed by atoms with E-state index in [-0.39, 0.29) is 0 Å². The van der Waals surface area contributed by atoms with Gasteiger partial charge in [-0.05, 0) is 43.2 Å². The third-order valence-corrected chi connectivity index (χ3v) is 2.76. The summed E-state index contributed by atoms with van der Waals surface area (Å²) in [5.74, 6) is 1.59. The van der Waals surface area contributed by atoms with Gasteiger partial charge in [0.1, 0.15) is 0 Å². The summed E-state index contributed by atoms with van der Waals surface area (Å²) in [4.78, 5) is 4.29. The number of pyridine rings is 1. The number of benzene rings is 1. The lowest BCUT2D eigenvalue weighted by Crippen LogP contribution is -2.08. The second kappa shape index (κ2) is 6.64. The summed E-state index contributed by atoms with van der Waals surface area (Å²) in [7, 11) is 0. The summed E-state index contributed by atoms with van der Waals surface area (Å²) in [5, 5.41) is 3.29. The topological polar surface area (TPSA) is 60.2 Å². The van der Waals surface area contributed by atoms with Crippen molar-refractivity contribution in [3.8, 4) is 5.75 Å². The Kier molecular flexibility index (Phi) is 4.61. The maximum absolute atomic E-state index is 5.66. The Morgan fingerprint density at radius 3 is 2.74 bits per heavy atom. The average Bonchev–Trinajstić information content (AvgIpc) is 2.43. The third kappa shape index (κ3) is 3.88. The quantitative estimate of drug-likeness (QED) is 0.781. The lowest BCUT2D eigenvalue weighted by molar-refractivity contribution is 0.340. The van der Waals surface area contributed by atoms with Crippen LogP contribution < -0.4 is 15.8 Å². The van der Waals surface area contributed by atoms with Gasteiger partial charge in [-0.2, -0.15) is 0 Å². The standard InChI is InChI=1S/C15H19N3O/c1-2-19-14-4-3-10-17-15(14)18-11-9-12-5-7-13(16)8-6-12/h3-8,10H,2,9,11,16H2,1H3,(H,17,18). The van der Waals surface area contributed by atoms with Crippen LogP contribution in [0.5, 0.6) is 5.75 Å². The number of nitrogens with two attached hydrogens (primary N) is 1. The highest BCUT2D eigenvalue weighted by molar-refractivity contribution is 5.49. The van der Waals surface area contributed by atoms with Crippen LogP contribution in [-0.2, 0) is 6.42 Å². The highest BCUT2D eigenvalue weighted by atomic mass is 16.5. The number of anilines is 2. The molecule has 0 radical (unpaired) electrons. The molecule has 100 valence electrons. The van der Waals surface area contributed by atoms with Gasteiger partial charge < -0.3 is 15.8 Å². The van der Waals surface area contributed by atoms with E-state index in [1.807, 2.05) is 43.3 Å². The van der Waals surface area contributed by atoms with Crippen LogP contribution in [0.2, 0.25) is 0 Å². The Bertz CT molecular complexity index is 511. The fourth-order valence-corrected chi connectivity index (χ4v) is 1.80. The van der Waals surface area contributed by atoms with E-state index in [9.17, 15) is 0 Å². The zero-order valence-electron chi connectivity index (χ0n) is 11.1. The number of ether oxygens (including phenoxy) is 1. The van der Waals surface area contributed by atoms with E-state index < -0.39 is 0 Å². The summed E-state index contributed by atoms with van der Waals surface area (Å²) in [6.45, 7) is 3.41. The van der Waals surface area contributed by atoms with Crippen LogP contribution in [0.4, 0.5) is 11.5 Å². The molecule has 0 unspecified atom stereocenters. The first kappa shape index (κ1) is 13.2. The first-order chi connectivity index (χ1) is 9.29. The van der Waals surface area contributed by atoms with E-state index in [4.69, 9.17) is 10.5 Å². The minimum absolute atomic E-state index is 0.637. The van der Waals surface area contributed by atoms with Crippen LogP contribution in [0.1, 0.15) is 12.5 Å². The van der Waals surface area contributed by atoms with Crippen molar-refractivity contribution in [2.24, 2.45) is 0 Å². The zero-order valence-corrected chi connectivity index (χ0v) is 11.1. The van der Waals surface area contributed by atoms with Gasteiger partial charge in [0.05, 0.1) is 6.61 Å². The fraction of sp³-hybridized carbons (Fsp3) is 0.267. The van der Waals surface area contributed by atoms with E-state index in [0.717, 1.165) is 30.2 Å². The van der Waals surface area contributed by atoms with E-state index in [0.29, 0.717) is 6.61 Å². The van der Waals surface area contributed by atoms with E-state index >= 15 is 0 Å². The van der Waals surface area contributed by atoms with E-state index in [1.54, 1.807) is 6.20 Å². The van der Waals surface area contributed by atoms with Gasteiger partial charge in [-0.3, -0.25) is 0 Å². The summed E-state index contributed by atoms with van der Waals surface area (Å²) in [6.07, 6.45) is 2.68. The molecule has 0 aliphatic heterocycles. The number of nitrogens with one attached hydrogen (secondary N) is 1. The predicted molar refractivity (Wildman–Crippen MR) is 78.5 cm³/mol. The molecule has 2 aromatic rings. The third-order valence-electron chi connectivity index (χ3n) is 2.76. The van der Waals surface area contributed by atoms with Gasteiger partial charge in [-0.15, -0.1) is 0 Å². The van der Waals surface area contributed by atoms with Crippen LogP contribution in [-0.4, -0.2) is 18.1 Å². The van der Waals surface area contributed by atoms with Crippen molar-refractivity contribution in [2.45, 2.75) is 13.3 Å². The predicted octanol–water partition coefficient (Wildman–Crippen LogP) is 2.72. The second-order valence-corrected chi connectivity index (χ2v) is 4.20. The van der Waals surface area contributed by atoms with Crippen molar-refractivity contribution < 1.29 is 4.74 Å². The molecular weight excluding hydrogens is 238 g/mol. The Morgan fingerprint density at radius 2 is 2.00 bits per heavy atom. The molecule has 1 aromatic heterocycles. The van der Waals surface area contributed by atoms with Gasteiger partial charge in [-0.1, -0.05) is 12.1 Å². The van der Waals surface area contributed by atoms with Crippen LogP contribution >= 0.6 is 0 Å². The Balaban J connectivity index is 1.90. The van der Waals surface area contributed by atoms with Gasteiger partial charge in [0.25, 0.3) is 0 Å². The number of aromatic nitrogens is 1. The maximum atomic E-state index is 5.66. The molecule has 0 spiro atoms.